The highest BCUT2D eigenvalue weighted by Crippen LogP contribution is 2.28. The van der Waals surface area contributed by atoms with Gasteiger partial charge in [-0.2, -0.15) is 0 Å². The second-order valence-corrected chi connectivity index (χ2v) is 5.15. The summed E-state index contributed by atoms with van der Waals surface area (Å²) in [4.78, 5) is 23.4. The zero-order valence-corrected chi connectivity index (χ0v) is 11.3. The van der Waals surface area contributed by atoms with Crippen molar-refractivity contribution < 1.29 is 14.7 Å². The molecular weight excluding hydrogens is 232 g/mol. The summed E-state index contributed by atoms with van der Waals surface area (Å²) >= 11 is 0. The van der Waals surface area contributed by atoms with E-state index in [1.165, 1.54) is 0 Å². The standard InChI is InChI=1S/C13H24N2O3/c1-3-14-9-10(2)11(16)15-13(12(17)18)7-5-4-6-8-13/h10,14H,3-9H2,1-2H3,(H,15,16)(H,17,18). The number of amides is 1. The number of hydrogen-bond donors (Lipinski definition) is 3. The predicted molar refractivity (Wildman–Crippen MR) is 69.3 cm³/mol. The van der Waals surface area contributed by atoms with Crippen LogP contribution in [-0.4, -0.2) is 35.6 Å². The molecule has 0 spiro atoms. The van der Waals surface area contributed by atoms with E-state index in [1.807, 2.05) is 13.8 Å². The normalized spacial score (nSPS) is 20.1. The van der Waals surface area contributed by atoms with Crippen molar-refractivity contribution in [3.63, 3.8) is 0 Å². The van der Waals surface area contributed by atoms with Gasteiger partial charge in [-0.1, -0.05) is 33.1 Å². The molecule has 0 aromatic rings. The lowest BCUT2D eigenvalue weighted by atomic mass is 9.81. The highest BCUT2D eigenvalue weighted by Gasteiger charge is 2.41. The number of carbonyl (C=O) groups excluding carboxylic acids is 1. The quantitative estimate of drug-likeness (QED) is 0.666. The van der Waals surface area contributed by atoms with E-state index in [9.17, 15) is 14.7 Å². The second kappa shape index (κ2) is 6.73. The summed E-state index contributed by atoms with van der Waals surface area (Å²) in [5.41, 5.74) is -1.03. The van der Waals surface area contributed by atoms with E-state index in [0.717, 1.165) is 25.8 Å². The van der Waals surface area contributed by atoms with Crippen molar-refractivity contribution in [1.29, 1.82) is 0 Å². The molecule has 0 radical (unpaired) electrons. The first-order chi connectivity index (χ1) is 8.52. The number of carboxylic acids is 1. The zero-order chi connectivity index (χ0) is 13.6. The molecule has 104 valence electrons. The molecule has 1 atom stereocenters. The van der Waals surface area contributed by atoms with Crippen molar-refractivity contribution in [2.45, 2.75) is 51.5 Å². The van der Waals surface area contributed by atoms with Crippen molar-refractivity contribution in [3.05, 3.63) is 0 Å². The molecule has 0 saturated heterocycles. The van der Waals surface area contributed by atoms with E-state index in [0.29, 0.717) is 19.4 Å². The summed E-state index contributed by atoms with van der Waals surface area (Å²) in [6, 6.07) is 0. The molecule has 1 aliphatic rings. The van der Waals surface area contributed by atoms with Crippen molar-refractivity contribution in [2.75, 3.05) is 13.1 Å². The van der Waals surface area contributed by atoms with Gasteiger partial charge in [0.25, 0.3) is 0 Å². The van der Waals surface area contributed by atoms with Gasteiger partial charge in [-0.3, -0.25) is 4.79 Å². The Balaban J connectivity index is 2.60. The maximum absolute atomic E-state index is 12.0. The number of hydrogen-bond acceptors (Lipinski definition) is 3. The summed E-state index contributed by atoms with van der Waals surface area (Å²) in [5, 5.41) is 15.2. The van der Waals surface area contributed by atoms with Crippen LogP contribution in [0.15, 0.2) is 0 Å². The Morgan fingerprint density at radius 1 is 1.28 bits per heavy atom. The van der Waals surface area contributed by atoms with E-state index in [1.54, 1.807) is 0 Å². The molecule has 1 aliphatic carbocycles. The molecular formula is C13H24N2O3. The van der Waals surface area contributed by atoms with E-state index in [4.69, 9.17) is 0 Å². The Kier molecular flexibility index (Phi) is 5.59. The van der Waals surface area contributed by atoms with Crippen LogP contribution in [0.2, 0.25) is 0 Å². The van der Waals surface area contributed by atoms with Crippen LogP contribution in [0.3, 0.4) is 0 Å². The molecule has 0 bridgehead atoms. The predicted octanol–water partition coefficient (Wildman–Crippen LogP) is 1.14. The number of carboxylic acid groups (broad SMARTS) is 1. The minimum absolute atomic E-state index is 0.166. The summed E-state index contributed by atoms with van der Waals surface area (Å²) in [7, 11) is 0. The Bertz CT molecular complexity index is 299. The van der Waals surface area contributed by atoms with Crippen LogP contribution in [0.4, 0.5) is 0 Å². The third-order valence-electron chi connectivity index (χ3n) is 3.63. The van der Waals surface area contributed by atoms with E-state index >= 15 is 0 Å². The van der Waals surface area contributed by atoms with Gasteiger partial charge in [-0.15, -0.1) is 0 Å². The maximum Gasteiger partial charge on any atom is 0.329 e. The van der Waals surface area contributed by atoms with Crippen molar-refractivity contribution in [3.8, 4) is 0 Å². The van der Waals surface area contributed by atoms with Crippen LogP contribution in [0.5, 0.6) is 0 Å². The van der Waals surface area contributed by atoms with Gasteiger partial charge in [0.15, 0.2) is 0 Å². The lowest BCUT2D eigenvalue weighted by molar-refractivity contribution is -0.149. The Morgan fingerprint density at radius 2 is 1.89 bits per heavy atom. The molecule has 3 N–H and O–H groups in total. The van der Waals surface area contributed by atoms with Gasteiger partial charge in [-0.05, 0) is 19.4 Å². The molecule has 5 nitrogen and oxygen atoms in total. The second-order valence-electron chi connectivity index (χ2n) is 5.15. The first-order valence-electron chi connectivity index (χ1n) is 6.78. The van der Waals surface area contributed by atoms with Crippen LogP contribution in [-0.2, 0) is 9.59 Å². The molecule has 0 heterocycles. The topological polar surface area (TPSA) is 78.4 Å². The highest BCUT2D eigenvalue weighted by atomic mass is 16.4. The molecule has 1 amide bonds. The van der Waals surface area contributed by atoms with E-state index in [2.05, 4.69) is 10.6 Å². The lowest BCUT2D eigenvalue weighted by Gasteiger charge is -2.34. The number of nitrogens with one attached hydrogen (secondary N) is 2. The van der Waals surface area contributed by atoms with Gasteiger partial charge < -0.3 is 15.7 Å². The first-order valence-corrected chi connectivity index (χ1v) is 6.78. The average Bonchev–Trinajstić information content (AvgIpc) is 2.36. The fourth-order valence-corrected chi connectivity index (χ4v) is 2.36. The molecule has 0 aromatic heterocycles. The minimum atomic E-state index is -1.03. The monoisotopic (exact) mass is 256 g/mol. The molecule has 0 aliphatic heterocycles. The summed E-state index contributed by atoms with van der Waals surface area (Å²) < 4.78 is 0. The summed E-state index contributed by atoms with van der Waals surface area (Å²) in [6.07, 6.45) is 3.88. The van der Waals surface area contributed by atoms with Gasteiger partial charge in [0, 0.05) is 12.5 Å². The smallest absolute Gasteiger partial charge is 0.329 e. The van der Waals surface area contributed by atoms with Gasteiger partial charge in [0.1, 0.15) is 5.54 Å². The third kappa shape index (κ3) is 3.70. The van der Waals surface area contributed by atoms with Crippen LogP contribution in [0, 0.1) is 5.92 Å². The molecule has 18 heavy (non-hydrogen) atoms. The fourth-order valence-electron chi connectivity index (χ4n) is 2.36. The molecule has 1 rings (SSSR count). The maximum atomic E-state index is 12.0. The van der Waals surface area contributed by atoms with Gasteiger partial charge >= 0.3 is 5.97 Å². The highest BCUT2D eigenvalue weighted by molar-refractivity contribution is 5.88. The van der Waals surface area contributed by atoms with Crippen LogP contribution in [0.1, 0.15) is 46.0 Å². The third-order valence-corrected chi connectivity index (χ3v) is 3.63. The van der Waals surface area contributed by atoms with Crippen LogP contribution < -0.4 is 10.6 Å². The van der Waals surface area contributed by atoms with Crippen LogP contribution in [0.25, 0.3) is 0 Å². The van der Waals surface area contributed by atoms with E-state index < -0.39 is 11.5 Å². The first kappa shape index (κ1) is 15.0. The average molecular weight is 256 g/mol. The van der Waals surface area contributed by atoms with Gasteiger partial charge in [0.05, 0.1) is 0 Å². The molecule has 1 saturated carbocycles. The van der Waals surface area contributed by atoms with Gasteiger partial charge in [-0.25, -0.2) is 4.79 Å². The zero-order valence-electron chi connectivity index (χ0n) is 11.3. The number of rotatable bonds is 6. The minimum Gasteiger partial charge on any atom is -0.480 e. The van der Waals surface area contributed by atoms with Gasteiger partial charge in [0.2, 0.25) is 5.91 Å². The fraction of sp³-hybridized carbons (Fsp3) is 0.846. The van der Waals surface area contributed by atoms with Crippen LogP contribution >= 0.6 is 0 Å². The Hall–Kier alpha value is -1.10. The Labute approximate surface area is 108 Å². The van der Waals surface area contributed by atoms with E-state index in [-0.39, 0.29) is 11.8 Å². The molecule has 5 heteroatoms. The SMILES string of the molecule is CCNCC(C)C(=O)NC1(C(=O)O)CCCCC1. The largest absolute Gasteiger partial charge is 0.480 e. The molecule has 0 aromatic carbocycles. The number of aliphatic carboxylic acids is 1. The molecule has 1 fully saturated rings. The Morgan fingerprint density at radius 3 is 2.39 bits per heavy atom. The lowest BCUT2D eigenvalue weighted by Crippen LogP contribution is -2.57. The summed E-state index contributed by atoms with van der Waals surface area (Å²) in [5.74, 6) is -1.27. The molecule has 1 unspecified atom stereocenters. The van der Waals surface area contributed by atoms with Crippen molar-refractivity contribution >= 4 is 11.9 Å². The summed E-state index contributed by atoms with van der Waals surface area (Å²) in [6.45, 7) is 5.18. The van der Waals surface area contributed by atoms with Crippen molar-refractivity contribution in [2.24, 2.45) is 5.92 Å². The van der Waals surface area contributed by atoms with Crippen molar-refractivity contribution in [1.82, 2.24) is 10.6 Å². The number of carbonyl (C=O) groups is 2.